The Morgan fingerprint density at radius 2 is 1.91 bits per heavy atom. The van der Waals surface area contributed by atoms with Gasteiger partial charge in [0.25, 0.3) is 0 Å². The standard InChI is InChI=1S/C17H25ClN4/c1-20(2)5-4-13-12-19-15-10-14(18)11-16(17(13)15)22-8-6-21(3)7-9-22/h10-12,19H,4-9H2,1-3H3. The predicted octanol–water partition coefficient (Wildman–Crippen LogP) is 2.68. The molecule has 0 saturated carbocycles. The number of hydrogen-bond acceptors (Lipinski definition) is 3. The van der Waals surface area contributed by atoms with Crippen LogP contribution in [0.5, 0.6) is 0 Å². The van der Waals surface area contributed by atoms with E-state index in [4.69, 9.17) is 11.6 Å². The summed E-state index contributed by atoms with van der Waals surface area (Å²) in [5.74, 6) is 0. The first-order chi connectivity index (χ1) is 10.5. The molecule has 2 heterocycles. The van der Waals surface area contributed by atoms with Crippen molar-refractivity contribution in [1.82, 2.24) is 14.8 Å². The second-order valence-corrected chi connectivity index (χ2v) is 6.94. The quantitative estimate of drug-likeness (QED) is 0.938. The van der Waals surface area contributed by atoms with E-state index in [1.54, 1.807) is 0 Å². The fourth-order valence-electron chi connectivity index (χ4n) is 3.12. The minimum Gasteiger partial charge on any atom is -0.368 e. The summed E-state index contributed by atoms with van der Waals surface area (Å²) in [4.78, 5) is 10.5. The molecule has 0 unspecified atom stereocenters. The van der Waals surface area contributed by atoms with Gasteiger partial charge in [-0.05, 0) is 45.3 Å². The van der Waals surface area contributed by atoms with Crippen LogP contribution in [0.3, 0.4) is 0 Å². The molecule has 2 aromatic rings. The molecular formula is C17H25ClN4. The first kappa shape index (κ1) is 15.7. The lowest BCUT2D eigenvalue weighted by atomic mass is 10.1. The van der Waals surface area contributed by atoms with Crippen LogP contribution in [0.15, 0.2) is 18.3 Å². The normalized spacial score (nSPS) is 16.9. The minimum atomic E-state index is 0.808. The number of halogens is 1. The number of aromatic nitrogens is 1. The Morgan fingerprint density at radius 3 is 2.59 bits per heavy atom. The third kappa shape index (κ3) is 3.24. The zero-order valence-corrected chi connectivity index (χ0v) is 14.5. The molecule has 22 heavy (non-hydrogen) atoms. The van der Waals surface area contributed by atoms with Gasteiger partial charge in [0.15, 0.2) is 0 Å². The molecular weight excluding hydrogens is 296 g/mol. The van der Waals surface area contributed by atoms with Crippen molar-refractivity contribution in [2.24, 2.45) is 0 Å². The molecule has 0 bridgehead atoms. The second kappa shape index (κ2) is 6.49. The fourth-order valence-corrected chi connectivity index (χ4v) is 3.33. The zero-order chi connectivity index (χ0) is 15.7. The van der Waals surface area contributed by atoms with E-state index in [-0.39, 0.29) is 0 Å². The Morgan fingerprint density at radius 1 is 1.18 bits per heavy atom. The molecule has 0 aliphatic carbocycles. The van der Waals surface area contributed by atoms with Gasteiger partial charge in [-0.1, -0.05) is 11.6 Å². The molecule has 0 radical (unpaired) electrons. The zero-order valence-electron chi connectivity index (χ0n) is 13.7. The molecule has 120 valence electrons. The Balaban J connectivity index is 1.98. The Bertz CT molecular complexity index is 641. The Hall–Kier alpha value is -1.23. The molecule has 1 saturated heterocycles. The van der Waals surface area contributed by atoms with Crippen LogP contribution >= 0.6 is 11.6 Å². The minimum absolute atomic E-state index is 0.808. The van der Waals surface area contributed by atoms with E-state index in [0.29, 0.717) is 0 Å². The summed E-state index contributed by atoms with van der Waals surface area (Å²) in [6.07, 6.45) is 3.19. The van der Waals surface area contributed by atoms with Crippen LogP contribution in [0.1, 0.15) is 5.56 Å². The first-order valence-electron chi connectivity index (χ1n) is 7.92. The van der Waals surface area contributed by atoms with Gasteiger partial charge in [0, 0.05) is 60.5 Å². The van der Waals surface area contributed by atoms with Gasteiger partial charge in [-0.2, -0.15) is 0 Å². The summed E-state index contributed by atoms with van der Waals surface area (Å²) in [5.41, 5.74) is 3.81. The number of nitrogens with zero attached hydrogens (tertiary/aromatic N) is 3. The van der Waals surface area contributed by atoms with E-state index in [9.17, 15) is 0 Å². The van der Waals surface area contributed by atoms with Crippen molar-refractivity contribution in [1.29, 1.82) is 0 Å². The molecule has 0 spiro atoms. The highest BCUT2D eigenvalue weighted by Crippen LogP contribution is 2.34. The molecule has 3 rings (SSSR count). The smallest absolute Gasteiger partial charge is 0.0492 e. The van der Waals surface area contributed by atoms with E-state index in [1.165, 1.54) is 16.6 Å². The molecule has 5 heteroatoms. The van der Waals surface area contributed by atoms with E-state index >= 15 is 0 Å². The summed E-state index contributed by atoms with van der Waals surface area (Å²) in [6.45, 7) is 5.38. The van der Waals surface area contributed by atoms with Crippen molar-refractivity contribution in [2.75, 3.05) is 58.8 Å². The SMILES string of the molecule is CN(C)CCc1c[nH]c2cc(Cl)cc(N3CCN(C)CC3)c12. The number of rotatable bonds is 4. The van der Waals surface area contributed by atoms with Gasteiger partial charge in [-0.3, -0.25) is 0 Å². The maximum atomic E-state index is 6.34. The summed E-state index contributed by atoms with van der Waals surface area (Å²) >= 11 is 6.34. The topological polar surface area (TPSA) is 25.5 Å². The summed E-state index contributed by atoms with van der Waals surface area (Å²) in [7, 11) is 6.42. The molecule has 0 amide bonds. The number of piperazine rings is 1. The molecule has 0 atom stereocenters. The van der Waals surface area contributed by atoms with Gasteiger partial charge in [-0.15, -0.1) is 0 Å². The van der Waals surface area contributed by atoms with Gasteiger partial charge < -0.3 is 19.7 Å². The molecule has 1 fully saturated rings. The number of hydrogen-bond donors (Lipinski definition) is 1. The van der Waals surface area contributed by atoms with Crippen molar-refractivity contribution < 1.29 is 0 Å². The van der Waals surface area contributed by atoms with E-state index in [2.05, 4.69) is 53.1 Å². The fraction of sp³-hybridized carbons (Fsp3) is 0.529. The van der Waals surface area contributed by atoms with E-state index < -0.39 is 0 Å². The third-order valence-corrected chi connectivity index (χ3v) is 4.70. The summed E-state index contributed by atoms with van der Waals surface area (Å²) < 4.78 is 0. The number of anilines is 1. The van der Waals surface area contributed by atoms with Crippen molar-refractivity contribution in [3.8, 4) is 0 Å². The van der Waals surface area contributed by atoms with E-state index in [1.807, 2.05) is 6.07 Å². The number of likely N-dealkylation sites (N-methyl/N-ethyl adjacent to an activating group) is 2. The average Bonchev–Trinajstić information content (AvgIpc) is 2.88. The van der Waals surface area contributed by atoms with Crippen LogP contribution in [-0.2, 0) is 6.42 Å². The van der Waals surface area contributed by atoms with Crippen LogP contribution in [0.4, 0.5) is 5.69 Å². The maximum Gasteiger partial charge on any atom is 0.0492 e. The highest BCUT2D eigenvalue weighted by molar-refractivity contribution is 6.32. The number of fused-ring (bicyclic) bond motifs is 1. The van der Waals surface area contributed by atoms with Crippen LogP contribution < -0.4 is 4.90 Å². The lowest BCUT2D eigenvalue weighted by molar-refractivity contribution is 0.313. The molecule has 1 aromatic heterocycles. The first-order valence-corrected chi connectivity index (χ1v) is 8.30. The Labute approximate surface area is 137 Å². The molecule has 4 nitrogen and oxygen atoms in total. The van der Waals surface area contributed by atoms with Gasteiger partial charge in [-0.25, -0.2) is 0 Å². The summed E-state index contributed by atoms with van der Waals surface area (Å²) in [5, 5.41) is 2.15. The van der Waals surface area contributed by atoms with Crippen molar-refractivity contribution in [3.63, 3.8) is 0 Å². The van der Waals surface area contributed by atoms with Gasteiger partial charge in [0.05, 0.1) is 0 Å². The van der Waals surface area contributed by atoms with Crippen LogP contribution in [0, 0.1) is 0 Å². The average molecular weight is 321 g/mol. The van der Waals surface area contributed by atoms with Crippen LogP contribution in [-0.4, -0.2) is 68.7 Å². The van der Waals surface area contributed by atoms with Crippen LogP contribution in [0.25, 0.3) is 10.9 Å². The van der Waals surface area contributed by atoms with Crippen molar-refractivity contribution in [2.45, 2.75) is 6.42 Å². The lowest BCUT2D eigenvalue weighted by Gasteiger charge is -2.34. The molecule has 1 N–H and O–H groups in total. The highest BCUT2D eigenvalue weighted by atomic mass is 35.5. The second-order valence-electron chi connectivity index (χ2n) is 6.50. The highest BCUT2D eigenvalue weighted by Gasteiger charge is 2.19. The summed E-state index contributed by atoms with van der Waals surface area (Å²) in [6, 6.07) is 4.16. The van der Waals surface area contributed by atoms with Gasteiger partial charge >= 0.3 is 0 Å². The van der Waals surface area contributed by atoms with E-state index in [0.717, 1.165) is 49.7 Å². The third-order valence-electron chi connectivity index (χ3n) is 4.48. The number of benzene rings is 1. The number of H-pyrrole nitrogens is 1. The Kier molecular flexibility index (Phi) is 4.62. The largest absolute Gasteiger partial charge is 0.368 e. The molecule has 1 aliphatic heterocycles. The number of aromatic amines is 1. The predicted molar refractivity (Wildman–Crippen MR) is 95.3 cm³/mol. The molecule has 1 aromatic carbocycles. The van der Waals surface area contributed by atoms with Gasteiger partial charge in [0.2, 0.25) is 0 Å². The maximum absolute atomic E-state index is 6.34. The molecule has 1 aliphatic rings. The lowest BCUT2D eigenvalue weighted by Crippen LogP contribution is -2.44. The van der Waals surface area contributed by atoms with Gasteiger partial charge in [0.1, 0.15) is 0 Å². The van der Waals surface area contributed by atoms with Crippen molar-refractivity contribution in [3.05, 3.63) is 28.9 Å². The van der Waals surface area contributed by atoms with Crippen molar-refractivity contribution >= 4 is 28.2 Å². The monoisotopic (exact) mass is 320 g/mol. The number of nitrogens with one attached hydrogen (secondary N) is 1. The van der Waals surface area contributed by atoms with Crippen LogP contribution in [0.2, 0.25) is 5.02 Å².